The molecule has 1 atom stereocenters. The number of allylic oxidation sites excluding steroid dienone is 1. The molecule has 4 heteroatoms. The molecule has 3 nitrogen and oxygen atoms in total. The SMILES string of the molecule is C/C=C(\C)C(/C=C/c1ccccc1)NS(=O)(=O)c1ccccc1. The van der Waals surface area contributed by atoms with Crippen molar-refractivity contribution < 1.29 is 8.42 Å². The van der Waals surface area contributed by atoms with Crippen molar-refractivity contribution in [2.45, 2.75) is 24.8 Å². The Kier molecular flexibility index (Phi) is 5.90. The maximum absolute atomic E-state index is 12.5. The molecule has 0 fully saturated rings. The van der Waals surface area contributed by atoms with Crippen LogP contribution < -0.4 is 4.72 Å². The zero-order valence-corrected chi connectivity index (χ0v) is 14.1. The van der Waals surface area contributed by atoms with Crippen molar-refractivity contribution in [1.82, 2.24) is 4.72 Å². The first kappa shape index (κ1) is 17.2. The minimum atomic E-state index is -3.56. The Hall–Kier alpha value is -2.17. The third-order valence-electron chi connectivity index (χ3n) is 3.56. The first-order valence-corrected chi connectivity index (χ1v) is 8.94. The fraction of sp³-hybridized carbons (Fsp3) is 0.158. The van der Waals surface area contributed by atoms with E-state index in [2.05, 4.69) is 4.72 Å². The highest BCUT2D eigenvalue weighted by atomic mass is 32.2. The molecule has 23 heavy (non-hydrogen) atoms. The van der Waals surface area contributed by atoms with Crippen molar-refractivity contribution in [3.63, 3.8) is 0 Å². The Balaban J connectivity index is 2.25. The lowest BCUT2D eigenvalue weighted by Crippen LogP contribution is -2.34. The summed E-state index contributed by atoms with van der Waals surface area (Å²) >= 11 is 0. The molecular formula is C19H21NO2S. The Morgan fingerprint density at radius 1 is 1.00 bits per heavy atom. The van der Waals surface area contributed by atoms with E-state index in [9.17, 15) is 8.42 Å². The maximum atomic E-state index is 12.5. The van der Waals surface area contributed by atoms with Crippen LogP contribution in [-0.2, 0) is 10.0 Å². The molecule has 0 saturated carbocycles. The molecule has 0 bridgehead atoms. The summed E-state index contributed by atoms with van der Waals surface area (Å²) in [6, 6.07) is 17.8. The van der Waals surface area contributed by atoms with Gasteiger partial charge in [-0.2, -0.15) is 0 Å². The highest BCUT2D eigenvalue weighted by Gasteiger charge is 2.18. The van der Waals surface area contributed by atoms with Crippen LogP contribution in [-0.4, -0.2) is 14.5 Å². The van der Waals surface area contributed by atoms with Crippen molar-refractivity contribution in [3.8, 4) is 0 Å². The first-order valence-electron chi connectivity index (χ1n) is 7.46. The number of benzene rings is 2. The van der Waals surface area contributed by atoms with E-state index in [4.69, 9.17) is 0 Å². The van der Waals surface area contributed by atoms with Gasteiger partial charge in [0.1, 0.15) is 0 Å². The summed E-state index contributed by atoms with van der Waals surface area (Å²) in [7, 11) is -3.56. The molecule has 0 aliphatic rings. The van der Waals surface area contributed by atoms with E-state index in [0.29, 0.717) is 0 Å². The van der Waals surface area contributed by atoms with E-state index >= 15 is 0 Å². The minimum Gasteiger partial charge on any atom is -0.207 e. The summed E-state index contributed by atoms with van der Waals surface area (Å²) < 4.78 is 27.8. The van der Waals surface area contributed by atoms with Gasteiger partial charge in [-0.05, 0) is 31.5 Å². The Bertz CT molecular complexity index is 779. The Morgan fingerprint density at radius 3 is 2.13 bits per heavy atom. The lowest BCUT2D eigenvalue weighted by atomic mass is 10.1. The molecule has 1 unspecified atom stereocenters. The average Bonchev–Trinajstić information content (AvgIpc) is 2.59. The van der Waals surface area contributed by atoms with Crippen molar-refractivity contribution >= 4 is 16.1 Å². The van der Waals surface area contributed by atoms with Gasteiger partial charge in [0.2, 0.25) is 10.0 Å². The molecule has 1 N–H and O–H groups in total. The minimum absolute atomic E-state index is 0.266. The van der Waals surface area contributed by atoms with Crippen LogP contribution >= 0.6 is 0 Å². The van der Waals surface area contributed by atoms with Crippen LogP contribution in [0.3, 0.4) is 0 Å². The van der Waals surface area contributed by atoms with Crippen LogP contribution in [0, 0.1) is 0 Å². The standard InChI is InChI=1S/C19H21NO2S/c1-3-16(2)19(15-14-17-10-6-4-7-11-17)20-23(21,22)18-12-8-5-9-13-18/h3-15,19-20H,1-2H3/b15-14+,16-3+. The van der Waals surface area contributed by atoms with Crippen LogP contribution in [0.15, 0.2) is 83.3 Å². The van der Waals surface area contributed by atoms with Crippen molar-refractivity contribution in [1.29, 1.82) is 0 Å². The molecular weight excluding hydrogens is 306 g/mol. The van der Waals surface area contributed by atoms with Gasteiger partial charge in [-0.15, -0.1) is 0 Å². The zero-order valence-electron chi connectivity index (χ0n) is 13.3. The fourth-order valence-electron chi connectivity index (χ4n) is 2.07. The summed E-state index contributed by atoms with van der Waals surface area (Å²) in [5, 5.41) is 0. The number of hydrogen-bond acceptors (Lipinski definition) is 2. The molecule has 2 aromatic rings. The maximum Gasteiger partial charge on any atom is 0.241 e. The second kappa shape index (κ2) is 7.90. The highest BCUT2D eigenvalue weighted by molar-refractivity contribution is 7.89. The normalized spacial score (nSPS) is 14.1. The van der Waals surface area contributed by atoms with Gasteiger partial charge in [0, 0.05) is 0 Å². The van der Waals surface area contributed by atoms with Crippen LogP contribution in [0.2, 0.25) is 0 Å². The number of nitrogens with one attached hydrogen (secondary N) is 1. The summed E-state index contributed by atoms with van der Waals surface area (Å²) in [4.78, 5) is 0.266. The molecule has 0 amide bonds. The predicted octanol–water partition coefficient (Wildman–Crippen LogP) is 4.01. The van der Waals surface area contributed by atoms with Crippen molar-refractivity contribution in [2.75, 3.05) is 0 Å². The largest absolute Gasteiger partial charge is 0.241 e. The van der Waals surface area contributed by atoms with Gasteiger partial charge in [0.25, 0.3) is 0 Å². The van der Waals surface area contributed by atoms with Crippen LogP contribution in [0.5, 0.6) is 0 Å². The van der Waals surface area contributed by atoms with E-state index in [1.807, 2.05) is 62.4 Å². The van der Waals surface area contributed by atoms with Crippen LogP contribution in [0.1, 0.15) is 19.4 Å². The third-order valence-corrected chi connectivity index (χ3v) is 5.02. The molecule has 0 aromatic heterocycles. The third kappa shape index (κ3) is 4.91. The molecule has 0 heterocycles. The smallest absolute Gasteiger partial charge is 0.207 e. The van der Waals surface area contributed by atoms with Gasteiger partial charge in [0.05, 0.1) is 10.9 Å². The molecule has 0 aliphatic heterocycles. The van der Waals surface area contributed by atoms with Gasteiger partial charge in [-0.3, -0.25) is 0 Å². The van der Waals surface area contributed by atoms with Gasteiger partial charge in [0.15, 0.2) is 0 Å². The summed E-state index contributed by atoms with van der Waals surface area (Å²) in [6.45, 7) is 3.81. The van der Waals surface area contributed by atoms with Crippen molar-refractivity contribution in [2.24, 2.45) is 0 Å². The summed E-state index contributed by atoms with van der Waals surface area (Å²) in [5.41, 5.74) is 1.97. The van der Waals surface area contributed by atoms with E-state index in [0.717, 1.165) is 11.1 Å². The molecule has 0 spiro atoms. The molecule has 0 saturated heterocycles. The van der Waals surface area contributed by atoms with E-state index < -0.39 is 10.0 Å². The predicted molar refractivity (Wildman–Crippen MR) is 95.5 cm³/mol. The average molecular weight is 327 g/mol. The van der Waals surface area contributed by atoms with E-state index in [-0.39, 0.29) is 10.9 Å². The second-order valence-electron chi connectivity index (χ2n) is 5.21. The van der Waals surface area contributed by atoms with Crippen molar-refractivity contribution in [3.05, 3.63) is 84.0 Å². The number of hydrogen-bond donors (Lipinski definition) is 1. The zero-order chi connectivity index (χ0) is 16.7. The summed E-state index contributed by atoms with van der Waals surface area (Å²) in [6.07, 6.45) is 5.70. The van der Waals surface area contributed by atoms with Gasteiger partial charge >= 0.3 is 0 Å². The van der Waals surface area contributed by atoms with E-state index in [1.54, 1.807) is 30.3 Å². The van der Waals surface area contributed by atoms with Gasteiger partial charge in [-0.25, -0.2) is 13.1 Å². The first-order chi connectivity index (χ1) is 11.0. The van der Waals surface area contributed by atoms with Crippen LogP contribution in [0.4, 0.5) is 0 Å². The Labute approximate surface area is 138 Å². The fourth-order valence-corrected chi connectivity index (χ4v) is 3.32. The quantitative estimate of drug-likeness (QED) is 0.815. The lowest BCUT2D eigenvalue weighted by Gasteiger charge is -2.16. The number of rotatable bonds is 6. The lowest BCUT2D eigenvalue weighted by molar-refractivity contribution is 0.578. The molecule has 0 aliphatic carbocycles. The molecule has 2 rings (SSSR count). The topological polar surface area (TPSA) is 46.2 Å². The molecule has 120 valence electrons. The second-order valence-corrected chi connectivity index (χ2v) is 6.93. The number of sulfonamides is 1. The molecule has 0 radical (unpaired) electrons. The van der Waals surface area contributed by atoms with E-state index in [1.165, 1.54) is 0 Å². The highest BCUT2D eigenvalue weighted by Crippen LogP contribution is 2.13. The monoisotopic (exact) mass is 327 g/mol. The molecule has 2 aromatic carbocycles. The van der Waals surface area contributed by atoms with Gasteiger partial charge in [-0.1, -0.05) is 72.3 Å². The Morgan fingerprint density at radius 2 is 1.57 bits per heavy atom. The van der Waals surface area contributed by atoms with Crippen LogP contribution in [0.25, 0.3) is 6.08 Å². The summed E-state index contributed by atoms with van der Waals surface area (Å²) in [5.74, 6) is 0. The van der Waals surface area contributed by atoms with Gasteiger partial charge < -0.3 is 0 Å².